The molecule has 0 spiro atoms. The Hall–Kier alpha value is -2.75. The molecule has 1 heterocycles. The van der Waals surface area contributed by atoms with Gasteiger partial charge in [-0.3, -0.25) is 14.2 Å². The van der Waals surface area contributed by atoms with Gasteiger partial charge in [0.1, 0.15) is 25.6 Å². The lowest BCUT2D eigenvalue weighted by atomic mass is 10.1. The maximum absolute atomic E-state index is 12.3. The molecule has 0 saturated carbocycles. The first-order chi connectivity index (χ1) is 16.8. The maximum atomic E-state index is 12.3. The molecule has 35 heavy (non-hydrogen) atoms. The summed E-state index contributed by atoms with van der Waals surface area (Å²) in [4.78, 5) is 37.0. The van der Waals surface area contributed by atoms with Crippen molar-refractivity contribution in [1.82, 2.24) is 14.3 Å². The van der Waals surface area contributed by atoms with Crippen LogP contribution in [0.4, 0.5) is 0 Å². The Bertz CT molecular complexity index is 1030. The molecular weight excluding hydrogens is 470 g/mol. The van der Waals surface area contributed by atoms with Gasteiger partial charge in [0.2, 0.25) is 0 Å². The lowest BCUT2D eigenvalue weighted by Crippen LogP contribution is -2.40. The molecule has 0 aliphatic rings. The predicted molar refractivity (Wildman–Crippen MR) is 136 cm³/mol. The van der Waals surface area contributed by atoms with Crippen molar-refractivity contribution in [3.63, 3.8) is 0 Å². The number of carbonyl (C=O) groups excluding carboxylic acids is 1. The molecule has 1 aromatic heterocycles. The van der Waals surface area contributed by atoms with E-state index in [1.54, 1.807) is 18.7 Å². The fourth-order valence-corrected chi connectivity index (χ4v) is 4.08. The van der Waals surface area contributed by atoms with Crippen molar-refractivity contribution >= 4 is 17.7 Å². The molecule has 1 unspecified atom stereocenters. The third-order valence-corrected chi connectivity index (χ3v) is 6.28. The van der Waals surface area contributed by atoms with Crippen LogP contribution in [0.5, 0.6) is 11.6 Å². The SMILES string of the molecule is CCCCCCCn1nc(OCCOc2ccc(SC(C)COC(=O)CC)cc2)c(=O)n(C)c1=O. The number of aryl methyl sites for hydroxylation is 1. The zero-order valence-corrected chi connectivity index (χ0v) is 22.0. The van der Waals surface area contributed by atoms with Gasteiger partial charge in [0, 0.05) is 30.2 Å². The van der Waals surface area contributed by atoms with Crippen molar-refractivity contribution in [1.29, 1.82) is 0 Å². The van der Waals surface area contributed by atoms with E-state index in [4.69, 9.17) is 14.2 Å². The highest BCUT2D eigenvalue weighted by Crippen LogP contribution is 2.25. The molecule has 0 N–H and O–H groups in total. The first-order valence-electron chi connectivity index (χ1n) is 12.2. The van der Waals surface area contributed by atoms with E-state index < -0.39 is 11.2 Å². The van der Waals surface area contributed by atoms with E-state index in [0.29, 0.717) is 25.3 Å². The predicted octanol–water partition coefficient (Wildman–Crippen LogP) is 3.80. The lowest BCUT2D eigenvalue weighted by Gasteiger charge is -2.12. The molecule has 0 radical (unpaired) electrons. The van der Waals surface area contributed by atoms with Gasteiger partial charge in [-0.25, -0.2) is 9.48 Å². The van der Waals surface area contributed by atoms with Gasteiger partial charge >= 0.3 is 17.2 Å². The van der Waals surface area contributed by atoms with Gasteiger partial charge in [0.15, 0.2) is 0 Å². The standard InChI is InChI=1S/C25H37N3O6S/c1-5-7-8-9-10-15-28-25(31)27(4)24(30)23(26-28)33-17-16-32-20-11-13-21(14-12-20)35-19(3)18-34-22(29)6-2/h11-14,19H,5-10,15-18H2,1-4H3. The van der Waals surface area contributed by atoms with Crippen LogP contribution < -0.4 is 20.7 Å². The number of benzene rings is 1. The Morgan fingerprint density at radius 2 is 1.71 bits per heavy atom. The van der Waals surface area contributed by atoms with Crippen molar-refractivity contribution in [3.8, 4) is 11.6 Å². The van der Waals surface area contributed by atoms with Gasteiger partial charge in [-0.1, -0.05) is 39.5 Å². The average Bonchev–Trinajstić information content (AvgIpc) is 2.86. The van der Waals surface area contributed by atoms with Gasteiger partial charge in [-0.2, -0.15) is 0 Å². The van der Waals surface area contributed by atoms with Crippen LogP contribution in [0, 0.1) is 0 Å². The first-order valence-corrected chi connectivity index (χ1v) is 13.1. The number of ether oxygens (including phenoxy) is 3. The summed E-state index contributed by atoms with van der Waals surface area (Å²) in [6, 6.07) is 7.58. The Labute approximate surface area is 210 Å². The number of rotatable bonds is 16. The second kappa shape index (κ2) is 15.3. The summed E-state index contributed by atoms with van der Waals surface area (Å²) in [6.45, 7) is 7.08. The van der Waals surface area contributed by atoms with Crippen molar-refractivity contribution in [2.24, 2.45) is 7.05 Å². The molecule has 2 rings (SSSR count). The van der Waals surface area contributed by atoms with Gasteiger partial charge in [-0.05, 0) is 37.6 Å². The van der Waals surface area contributed by atoms with E-state index in [2.05, 4.69) is 12.0 Å². The number of thioether (sulfide) groups is 1. The van der Waals surface area contributed by atoms with Gasteiger partial charge in [0.25, 0.3) is 5.88 Å². The van der Waals surface area contributed by atoms with Crippen molar-refractivity contribution in [3.05, 3.63) is 45.1 Å². The fourth-order valence-electron chi connectivity index (χ4n) is 3.19. The van der Waals surface area contributed by atoms with Crippen LogP contribution >= 0.6 is 11.8 Å². The van der Waals surface area contributed by atoms with Crippen molar-refractivity contribution < 1.29 is 19.0 Å². The third-order valence-electron chi connectivity index (χ3n) is 5.20. The Morgan fingerprint density at radius 3 is 2.40 bits per heavy atom. The summed E-state index contributed by atoms with van der Waals surface area (Å²) >= 11 is 1.61. The van der Waals surface area contributed by atoms with Crippen LogP contribution in [-0.2, 0) is 23.1 Å². The van der Waals surface area contributed by atoms with Crippen LogP contribution in [0.1, 0.15) is 59.3 Å². The highest BCUT2D eigenvalue weighted by Gasteiger charge is 2.12. The number of hydrogen-bond donors (Lipinski definition) is 0. The number of esters is 1. The molecule has 0 amide bonds. The molecule has 0 bridgehead atoms. The minimum absolute atomic E-state index is 0.103. The van der Waals surface area contributed by atoms with Crippen LogP contribution in [0.15, 0.2) is 38.8 Å². The van der Waals surface area contributed by atoms with Crippen molar-refractivity contribution in [2.45, 2.75) is 76.0 Å². The van der Waals surface area contributed by atoms with E-state index >= 15 is 0 Å². The fraction of sp³-hybridized carbons (Fsp3) is 0.600. The number of unbranched alkanes of at least 4 members (excludes halogenated alkanes) is 4. The largest absolute Gasteiger partial charge is 0.490 e. The van der Waals surface area contributed by atoms with Crippen molar-refractivity contribution in [2.75, 3.05) is 19.8 Å². The summed E-state index contributed by atoms with van der Waals surface area (Å²) < 4.78 is 18.7. The summed E-state index contributed by atoms with van der Waals surface area (Å²) in [5, 5.41) is 4.26. The zero-order chi connectivity index (χ0) is 25.6. The molecule has 0 fully saturated rings. The second-order valence-electron chi connectivity index (χ2n) is 8.22. The molecule has 1 atom stereocenters. The van der Waals surface area contributed by atoms with Gasteiger partial charge in [0.05, 0.1) is 0 Å². The quantitative estimate of drug-likeness (QED) is 0.192. The first kappa shape index (κ1) is 28.5. The minimum Gasteiger partial charge on any atom is -0.490 e. The van der Waals surface area contributed by atoms with E-state index in [-0.39, 0.29) is 30.3 Å². The van der Waals surface area contributed by atoms with Crippen LogP contribution in [0.2, 0.25) is 0 Å². The van der Waals surface area contributed by atoms with E-state index in [0.717, 1.165) is 35.1 Å². The highest BCUT2D eigenvalue weighted by molar-refractivity contribution is 8.00. The summed E-state index contributed by atoms with van der Waals surface area (Å²) in [5.74, 6) is 0.368. The maximum Gasteiger partial charge on any atom is 0.347 e. The number of carbonyl (C=O) groups is 1. The topological polar surface area (TPSA) is 102 Å². The molecule has 194 valence electrons. The molecule has 2 aromatic rings. The Kier molecular flexibility index (Phi) is 12.4. The van der Waals surface area contributed by atoms with Crippen LogP contribution in [0.25, 0.3) is 0 Å². The number of nitrogens with zero attached hydrogens (tertiary/aromatic N) is 3. The molecule has 0 aliphatic carbocycles. The Morgan fingerprint density at radius 1 is 1.03 bits per heavy atom. The molecule has 9 nitrogen and oxygen atoms in total. The lowest BCUT2D eigenvalue weighted by molar-refractivity contribution is -0.143. The van der Waals surface area contributed by atoms with E-state index in [9.17, 15) is 14.4 Å². The highest BCUT2D eigenvalue weighted by atomic mass is 32.2. The van der Waals surface area contributed by atoms with Gasteiger partial charge < -0.3 is 14.2 Å². The molecule has 10 heteroatoms. The molecule has 0 saturated heterocycles. The monoisotopic (exact) mass is 507 g/mol. The number of hydrogen-bond acceptors (Lipinski definition) is 8. The second-order valence-corrected chi connectivity index (χ2v) is 9.73. The third kappa shape index (κ3) is 9.79. The van der Waals surface area contributed by atoms with Gasteiger partial charge in [-0.15, -0.1) is 16.9 Å². The molecule has 0 aliphatic heterocycles. The summed E-state index contributed by atoms with van der Waals surface area (Å²) in [5.41, 5.74) is -0.998. The smallest absolute Gasteiger partial charge is 0.347 e. The van der Waals surface area contributed by atoms with Crippen LogP contribution in [-0.4, -0.2) is 45.4 Å². The Balaban J connectivity index is 1.81. The molecule has 1 aromatic carbocycles. The zero-order valence-electron chi connectivity index (χ0n) is 21.2. The van der Waals surface area contributed by atoms with E-state index in [1.165, 1.54) is 18.2 Å². The average molecular weight is 508 g/mol. The normalized spacial score (nSPS) is 11.8. The minimum atomic E-state index is -0.558. The summed E-state index contributed by atoms with van der Waals surface area (Å²) in [6.07, 6.45) is 5.65. The van der Waals surface area contributed by atoms with Crippen LogP contribution in [0.3, 0.4) is 0 Å². The number of aromatic nitrogens is 3. The molecular formula is C25H37N3O6S. The summed E-state index contributed by atoms with van der Waals surface area (Å²) in [7, 11) is 1.43. The van der Waals surface area contributed by atoms with E-state index in [1.807, 2.05) is 31.2 Å².